The average molecular weight is 568 g/mol. The number of carbonyl (C=O) groups excluding carboxylic acids is 1. The van der Waals surface area contributed by atoms with Gasteiger partial charge in [-0.05, 0) is 49.8 Å². The van der Waals surface area contributed by atoms with E-state index in [4.69, 9.17) is 4.98 Å². The highest BCUT2D eigenvalue weighted by atomic mass is 16.2. The molecule has 1 amide bonds. The summed E-state index contributed by atoms with van der Waals surface area (Å²) in [5, 5.41) is 6.12. The Hall–Kier alpha value is -5.14. The van der Waals surface area contributed by atoms with Gasteiger partial charge in [-0.3, -0.25) is 4.79 Å². The minimum Gasteiger partial charge on any atom is -0.364 e. The molecule has 2 saturated carbocycles. The molecule has 5 aromatic rings. The van der Waals surface area contributed by atoms with Crippen LogP contribution in [0, 0.1) is 12.8 Å². The van der Waals surface area contributed by atoms with Crippen molar-refractivity contribution in [2.45, 2.75) is 44.6 Å². The van der Waals surface area contributed by atoms with Crippen LogP contribution in [0.15, 0.2) is 52.7 Å². The number of rotatable bonds is 8. The predicted molar refractivity (Wildman–Crippen MR) is 153 cm³/mol. The van der Waals surface area contributed by atoms with Gasteiger partial charge in [-0.1, -0.05) is 0 Å². The molecule has 14 heteroatoms. The van der Waals surface area contributed by atoms with Gasteiger partial charge in [0.2, 0.25) is 5.91 Å². The van der Waals surface area contributed by atoms with E-state index in [0.717, 1.165) is 28.7 Å². The van der Waals surface area contributed by atoms with Crippen LogP contribution in [0.1, 0.15) is 53.9 Å². The standard InChI is InChI=1S/C28H29N11O3/c1-15-6-7-29-24(33-15)19-9-20(19)26(40)35-23-10-22(31-14-32-23)30-11-18-13-38-12-17(16-4-5-16)8-21(25(38)34-18)39-28(42)36(2)27(41)37(39)3/h6-8,10,12-14,16,19-20H,4-5,9,11H2,1-3H3,(H2,30,31,32,35,40)/t19-,20-/m0/s1. The maximum absolute atomic E-state index is 12.9. The van der Waals surface area contributed by atoms with Crippen molar-refractivity contribution in [3.05, 3.63) is 86.9 Å². The highest BCUT2D eigenvalue weighted by Crippen LogP contribution is 2.46. The van der Waals surface area contributed by atoms with Crippen LogP contribution in [-0.4, -0.2) is 49.2 Å². The van der Waals surface area contributed by atoms with E-state index in [0.29, 0.717) is 53.4 Å². The second-order valence-electron chi connectivity index (χ2n) is 11.0. The molecular formula is C28H29N11O3. The molecule has 2 N–H and O–H groups in total. The summed E-state index contributed by atoms with van der Waals surface area (Å²) in [6.07, 6.45) is 9.91. The third kappa shape index (κ3) is 4.63. The number of aryl methyl sites for hydroxylation is 1. The lowest BCUT2D eigenvalue weighted by Gasteiger charge is -2.09. The van der Waals surface area contributed by atoms with E-state index in [1.54, 1.807) is 19.3 Å². The largest absolute Gasteiger partial charge is 0.364 e. The van der Waals surface area contributed by atoms with Crippen molar-refractivity contribution in [1.82, 2.24) is 43.3 Å². The summed E-state index contributed by atoms with van der Waals surface area (Å²) in [5.74, 6) is 1.73. The summed E-state index contributed by atoms with van der Waals surface area (Å²) >= 11 is 0. The number of nitrogens with one attached hydrogen (secondary N) is 2. The molecule has 2 atom stereocenters. The zero-order valence-electron chi connectivity index (χ0n) is 23.4. The lowest BCUT2D eigenvalue weighted by atomic mass is 10.2. The van der Waals surface area contributed by atoms with Crippen molar-refractivity contribution in [2.75, 3.05) is 10.6 Å². The molecule has 5 heterocycles. The highest BCUT2D eigenvalue weighted by molar-refractivity contribution is 5.94. The Morgan fingerprint density at radius 3 is 2.57 bits per heavy atom. The zero-order chi connectivity index (χ0) is 29.1. The quantitative estimate of drug-likeness (QED) is 0.284. The summed E-state index contributed by atoms with van der Waals surface area (Å²) in [5.41, 5.74) is 2.96. The van der Waals surface area contributed by atoms with Gasteiger partial charge in [0.1, 0.15) is 29.5 Å². The number of aromatic nitrogens is 9. The van der Waals surface area contributed by atoms with Gasteiger partial charge in [0.25, 0.3) is 0 Å². The van der Waals surface area contributed by atoms with Gasteiger partial charge in [-0.25, -0.2) is 43.8 Å². The van der Waals surface area contributed by atoms with Crippen LogP contribution >= 0.6 is 0 Å². The Kier molecular flexibility index (Phi) is 5.99. The second-order valence-corrected chi connectivity index (χ2v) is 11.0. The number of hydrogen-bond donors (Lipinski definition) is 2. The minimum atomic E-state index is -0.431. The van der Waals surface area contributed by atoms with E-state index in [1.807, 2.05) is 35.9 Å². The number of anilines is 2. The van der Waals surface area contributed by atoms with Gasteiger partial charge in [0.15, 0.2) is 5.65 Å². The normalized spacial score (nSPS) is 17.9. The number of amides is 1. The molecule has 214 valence electrons. The maximum atomic E-state index is 12.9. The maximum Gasteiger partial charge on any atom is 0.351 e. The Balaban J connectivity index is 1.09. The lowest BCUT2D eigenvalue weighted by molar-refractivity contribution is -0.117. The van der Waals surface area contributed by atoms with Gasteiger partial charge in [0, 0.05) is 56.3 Å². The van der Waals surface area contributed by atoms with Crippen LogP contribution in [-0.2, 0) is 25.4 Å². The van der Waals surface area contributed by atoms with Crippen LogP contribution < -0.4 is 22.0 Å². The monoisotopic (exact) mass is 567 g/mol. The molecule has 0 radical (unpaired) electrons. The molecule has 5 aromatic heterocycles. The molecular weight excluding hydrogens is 538 g/mol. The summed E-state index contributed by atoms with van der Waals surface area (Å²) in [7, 11) is 3.03. The number of carbonyl (C=O) groups is 1. The molecule has 0 bridgehead atoms. The third-order valence-corrected chi connectivity index (χ3v) is 7.85. The summed E-state index contributed by atoms with van der Waals surface area (Å²) in [4.78, 5) is 60.2. The predicted octanol–water partition coefficient (Wildman–Crippen LogP) is 1.64. The van der Waals surface area contributed by atoms with E-state index in [1.165, 1.54) is 22.7 Å². The first-order valence-corrected chi connectivity index (χ1v) is 13.8. The van der Waals surface area contributed by atoms with Crippen molar-refractivity contribution < 1.29 is 4.79 Å². The van der Waals surface area contributed by atoms with E-state index in [2.05, 4.69) is 30.6 Å². The number of nitrogens with zero attached hydrogens (tertiary/aromatic N) is 9. The van der Waals surface area contributed by atoms with Gasteiger partial charge in [-0.15, -0.1) is 0 Å². The minimum absolute atomic E-state index is 0.0128. The summed E-state index contributed by atoms with van der Waals surface area (Å²) < 4.78 is 5.65. The number of pyridine rings is 1. The Morgan fingerprint density at radius 1 is 1.02 bits per heavy atom. The van der Waals surface area contributed by atoms with Gasteiger partial charge in [0.05, 0.1) is 12.2 Å². The Morgan fingerprint density at radius 2 is 1.83 bits per heavy atom. The fourth-order valence-corrected chi connectivity index (χ4v) is 5.29. The van der Waals surface area contributed by atoms with Crippen LogP contribution in [0.2, 0.25) is 0 Å². The van der Waals surface area contributed by atoms with Crippen LogP contribution in [0.25, 0.3) is 11.3 Å². The molecule has 2 aliphatic rings. The highest BCUT2D eigenvalue weighted by Gasteiger charge is 2.46. The van der Waals surface area contributed by atoms with Crippen molar-refractivity contribution in [3.63, 3.8) is 0 Å². The van der Waals surface area contributed by atoms with Gasteiger partial charge >= 0.3 is 11.4 Å². The molecule has 14 nitrogen and oxygen atoms in total. The van der Waals surface area contributed by atoms with Crippen LogP contribution in [0.3, 0.4) is 0 Å². The van der Waals surface area contributed by atoms with Crippen LogP contribution in [0.4, 0.5) is 11.6 Å². The van der Waals surface area contributed by atoms with Crippen molar-refractivity contribution in [3.8, 4) is 5.69 Å². The first-order valence-electron chi connectivity index (χ1n) is 13.8. The SMILES string of the molecule is Cc1ccnc([C@H]2C[C@@H]2C(=O)Nc2cc(NCc3cn4cc(C5CC5)cc(-n5c(=O)n(C)c(=O)n5C)c4n3)ncn2)n1. The number of fused-ring (bicyclic) bond motifs is 1. The average Bonchev–Trinajstić information content (AvgIpc) is 3.91. The molecule has 7 rings (SSSR count). The van der Waals surface area contributed by atoms with Gasteiger partial charge in [-0.2, -0.15) is 4.68 Å². The summed E-state index contributed by atoms with van der Waals surface area (Å²) in [6, 6.07) is 5.46. The lowest BCUT2D eigenvalue weighted by Crippen LogP contribution is -2.25. The number of hydrogen-bond acceptors (Lipinski definition) is 9. The number of imidazole rings is 1. The molecule has 0 aromatic carbocycles. The van der Waals surface area contributed by atoms with Crippen molar-refractivity contribution in [1.29, 1.82) is 0 Å². The fourth-order valence-electron chi connectivity index (χ4n) is 5.29. The first-order chi connectivity index (χ1) is 20.3. The molecule has 2 aliphatic carbocycles. The molecule has 0 unspecified atom stereocenters. The van der Waals surface area contributed by atoms with Crippen LogP contribution in [0.5, 0.6) is 0 Å². The van der Waals surface area contributed by atoms with E-state index >= 15 is 0 Å². The van der Waals surface area contributed by atoms with E-state index in [-0.39, 0.29) is 17.7 Å². The fraction of sp³-hybridized carbons (Fsp3) is 0.357. The first kappa shape index (κ1) is 25.8. The molecule has 0 aliphatic heterocycles. The molecule has 0 spiro atoms. The molecule has 42 heavy (non-hydrogen) atoms. The Labute approximate surface area is 239 Å². The second kappa shape index (κ2) is 9.75. The van der Waals surface area contributed by atoms with E-state index < -0.39 is 11.4 Å². The third-order valence-electron chi connectivity index (χ3n) is 7.85. The summed E-state index contributed by atoms with van der Waals surface area (Å²) in [6.45, 7) is 2.24. The Bertz CT molecular complexity index is 1980. The van der Waals surface area contributed by atoms with E-state index in [9.17, 15) is 14.4 Å². The smallest absolute Gasteiger partial charge is 0.351 e. The van der Waals surface area contributed by atoms with Gasteiger partial charge < -0.3 is 15.0 Å². The topological polar surface area (TPSA) is 159 Å². The van der Waals surface area contributed by atoms with Crippen molar-refractivity contribution >= 4 is 23.2 Å². The molecule has 2 fully saturated rings. The van der Waals surface area contributed by atoms with Crippen molar-refractivity contribution in [2.24, 2.45) is 20.0 Å². The molecule has 0 saturated heterocycles. The zero-order valence-corrected chi connectivity index (χ0v) is 23.4.